The molecule has 0 aromatic carbocycles. The van der Waals surface area contributed by atoms with Crippen LogP contribution in [0.5, 0.6) is 0 Å². The molecular formula is C15H31NO2. The first kappa shape index (κ1) is 17.4. The number of carbonyl (C=O) groups excluding carboxylic acids is 1. The van der Waals surface area contributed by atoms with Crippen molar-refractivity contribution in [2.24, 2.45) is 5.73 Å². The van der Waals surface area contributed by atoms with Gasteiger partial charge in [0.15, 0.2) is 0 Å². The minimum Gasteiger partial charge on any atom is -0.372 e. The smallest absolute Gasteiger partial charge is 0.246 e. The van der Waals surface area contributed by atoms with Crippen molar-refractivity contribution >= 4 is 5.91 Å². The first-order valence-electron chi connectivity index (χ1n) is 7.54. The maximum absolute atomic E-state index is 10.9. The maximum Gasteiger partial charge on any atom is 0.246 e. The molecule has 1 unspecified atom stereocenters. The van der Waals surface area contributed by atoms with Gasteiger partial charge < -0.3 is 10.5 Å². The van der Waals surface area contributed by atoms with E-state index < -0.39 is 0 Å². The fourth-order valence-electron chi connectivity index (χ4n) is 2.19. The van der Waals surface area contributed by atoms with Crippen molar-refractivity contribution < 1.29 is 9.53 Å². The van der Waals surface area contributed by atoms with Gasteiger partial charge in [0.1, 0.15) is 6.10 Å². The van der Waals surface area contributed by atoms with Gasteiger partial charge in [-0.25, -0.2) is 0 Å². The Morgan fingerprint density at radius 2 is 1.39 bits per heavy atom. The molecule has 1 amide bonds. The molecule has 0 fully saturated rings. The molecule has 0 aromatic rings. The predicted molar refractivity (Wildman–Crippen MR) is 76.5 cm³/mol. The number of methoxy groups -OCH3 is 1. The van der Waals surface area contributed by atoms with E-state index in [1.54, 1.807) is 7.11 Å². The average molecular weight is 257 g/mol. The summed E-state index contributed by atoms with van der Waals surface area (Å²) in [6.45, 7) is 2.25. The lowest BCUT2D eigenvalue weighted by atomic mass is 10.0. The van der Waals surface area contributed by atoms with Crippen LogP contribution in [0.25, 0.3) is 0 Å². The second-order valence-electron chi connectivity index (χ2n) is 5.10. The molecule has 0 aliphatic rings. The number of amides is 1. The number of hydrogen-bond donors (Lipinski definition) is 1. The molecule has 0 aliphatic carbocycles. The van der Waals surface area contributed by atoms with Crippen LogP contribution in [0.1, 0.15) is 77.6 Å². The summed E-state index contributed by atoms with van der Waals surface area (Å²) in [6, 6.07) is 0. The number of nitrogens with two attached hydrogens (primary N) is 1. The van der Waals surface area contributed by atoms with Crippen molar-refractivity contribution in [1.29, 1.82) is 0 Å². The van der Waals surface area contributed by atoms with E-state index in [1.807, 2.05) is 0 Å². The molecule has 0 heterocycles. The van der Waals surface area contributed by atoms with Crippen molar-refractivity contribution in [2.45, 2.75) is 83.7 Å². The Morgan fingerprint density at radius 1 is 0.944 bits per heavy atom. The van der Waals surface area contributed by atoms with Crippen LogP contribution in [-0.2, 0) is 9.53 Å². The third-order valence-electron chi connectivity index (χ3n) is 3.42. The summed E-state index contributed by atoms with van der Waals surface area (Å²) in [7, 11) is 1.55. The van der Waals surface area contributed by atoms with Crippen molar-refractivity contribution in [1.82, 2.24) is 0 Å². The van der Waals surface area contributed by atoms with Crippen LogP contribution in [0, 0.1) is 0 Å². The number of unbranched alkanes of at least 4 members (excludes halogenated alkanes) is 9. The lowest BCUT2D eigenvalue weighted by molar-refractivity contribution is -0.128. The lowest BCUT2D eigenvalue weighted by Gasteiger charge is -2.10. The normalized spacial score (nSPS) is 12.6. The van der Waals surface area contributed by atoms with E-state index in [1.165, 1.54) is 57.8 Å². The monoisotopic (exact) mass is 257 g/mol. The topological polar surface area (TPSA) is 52.3 Å². The number of primary amides is 1. The molecule has 1 atom stereocenters. The molecule has 3 heteroatoms. The predicted octanol–water partition coefficient (Wildman–Crippen LogP) is 3.80. The van der Waals surface area contributed by atoms with Crippen LogP contribution in [0.4, 0.5) is 0 Å². The van der Waals surface area contributed by atoms with Gasteiger partial charge in [-0.3, -0.25) is 4.79 Å². The molecule has 0 bridgehead atoms. The quantitative estimate of drug-likeness (QED) is 0.510. The van der Waals surface area contributed by atoms with Gasteiger partial charge in [-0.2, -0.15) is 0 Å². The van der Waals surface area contributed by atoms with Crippen LogP contribution < -0.4 is 5.73 Å². The standard InChI is InChI=1S/C15H31NO2/c1-3-4-5-6-7-8-9-10-11-12-13-14(18-2)15(16)17/h14H,3-13H2,1-2H3,(H2,16,17). The van der Waals surface area contributed by atoms with Crippen LogP contribution in [0.15, 0.2) is 0 Å². The molecule has 0 rings (SSSR count). The third kappa shape index (κ3) is 10.6. The van der Waals surface area contributed by atoms with Crippen LogP contribution in [0.2, 0.25) is 0 Å². The average Bonchev–Trinajstić information content (AvgIpc) is 2.35. The molecule has 108 valence electrons. The van der Waals surface area contributed by atoms with Crippen LogP contribution >= 0.6 is 0 Å². The fraction of sp³-hybridized carbons (Fsp3) is 0.933. The largest absolute Gasteiger partial charge is 0.372 e. The summed E-state index contributed by atoms with van der Waals surface area (Å²) in [5.41, 5.74) is 5.20. The zero-order valence-corrected chi connectivity index (χ0v) is 12.2. The molecule has 2 N–H and O–H groups in total. The zero-order chi connectivity index (χ0) is 13.6. The Kier molecular flexibility index (Phi) is 12.5. The molecule has 0 radical (unpaired) electrons. The SMILES string of the molecule is CCCCCCCCCCCCC(OC)C(N)=O. The van der Waals surface area contributed by atoms with Crippen molar-refractivity contribution in [3.8, 4) is 0 Å². The van der Waals surface area contributed by atoms with Gasteiger partial charge in [0, 0.05) is 7.11 Å². The molecule has 0 saturated carbocycles. The van der Waals surface area contributed by atoms with E-state index in [0.717, 1.165) is 12.8 Å². The second-order valence-corrected chi connectivity index (χ2v) is 5.10. The highest BCUT2D eigenvalue weighted by atomic mass is 16.5. The van der Waals surface area contributed by atoms with Crippen molar-refractivity contribution in [2.75, 3.05) is 7.11 Å². The highest BCUT2D eigenvalue weighted by Gasteiger charge is 2.12. The Morgan fingerprint density at radius 3 is 1.78 bits per heavy atom. The Bertz CT molecular complexity index is 195. The van der Waals surface area contributed by atoms with Crippen molar-refractivity contribution in [3.63, 3.8) is 0 Å². The van der Waals surface area contributed by atoms with Gasteiger partial charge in [-0.1, -0.05) is 71.1 Å². The molecule has 0 spiro atoms. The molecule has 0 aliphatic heterocycles. The summed E-state index contributed by atoms with van der Waals surface area (Å²) in [5, 5.41) is 0. The number of hydrogen-bond acceptors (Lipinski definition) is 2. The van der Waals surface area contributed by atoms with E-state index in [-0.39, 0.29) is 12.0 Å². The fourth-order valence-corrected chi connectivity index (χ4v) is 2.19. The van der Waals surface area contributed by atoms with Gasteiger partial charge >= 0.3 is 0 Å². The Balaban J connectivity index is 3.18. The summed E-state index contributed by atoms with van der Waals surface area (Å²) < 4.78 is 5.02. The van der Waals surface area contributed by atoms with E-state index in [2.05, 4.69) is 6.92 Å². The van der Waals surface area contributed by atoms with E-state index in [0.29, 0.717) is 0 Å². The summed E-state index contributed by atoms with van der Waals surface area (Å²) in [4.78, 5) is 10.9. The molecule has 0 saturated heterocycles. The Hall–Kier alpha value is -0.570. The van der Waals surface area contributed by atoms with Crippen molar-refractivity contribution in [3.05, 3.63) is 0 Å². The minimum absolute atomic E-state index is 0.339. The summed E-state index contributed by atoms with van der Waals surface area (Å²) >= 11 is 0. The lowest BCUT2D eigenvalue weighted by Crippen LogP contribution is -2.30. The van der Waals surface area contributed by atoms with Crippen LogP contribution in [0.3, 0.4) is 0 Å². The van der Waals surface area contributed by atoms with Gasteiger partial charge in [0.2, 0.25) is 5.91 Å². The first-order chi connectivity index (χ1) is 8.72. The van der Waals surface area contributed by atoms with Gasteiger partial charge in [0.25, 0.3) is 0 Å². The number of rotatable bonds is 13. The summed E-state index contributed by atoms with van der Waals surface area (Å²) in [5.74, 6) is -0.339. The molecule has 3 nitrogen and oxygen atoms in total. The van der Waals surface area contributed by atoms with E-state index in [9.17, 15) is 4.79 Å². The zero-order valence-electron chi connectivity index (χ0n) is 12.2. The molecule has 0 aromatic heterocycles. The van der Waals surface area contributed by atoms with Crippen LogP contribution in [-0.4, -0.2) is 19.1 Å². The van der Waals surface area contributed by atoms with E-state index >= 15 is 0 Å². The van der Waals surface area contributed by atoms with Gasteiger partial charge in [-0.15, -0.1) is 0 Å². The number of carbonyl (C=O) groups is 1. The first-order valence-corrected chi connectivity index (χ1v) is 7.54. The highest BCUT2D eigenvalue weighted by molar-refractivity contribution is 5.78. The maximum atomic E-state index is 10.9. The third-order valence-corrected chi connectivity index (χ3v) is 3.42. The number of ether oxygens (including phenoxy) is 1. The second kappa shape index (κ2) is 12.9. The Labute approximate surface area is 112 Å². The van der Waals surface area contributed by atoms with Gasteiger partial charge in [0.05, 0.1) is 0 Å². The highest BCUT2D eigenvalue weighted by Crippen LogP contribution is 2.12. The minimum atomic E-state index is -0.390. The van der Waals surface area contributed by atoms with Gasteiger partial charge in [-0.05, 0) is 6.42 Å². The summed E-state index contributed by atoms with van der Waals surface area (Å²) in [6.07, 6.45) is 13.4. The molecule has 18 heavy (non-hydrogen) atoms. The van der Waals surface area contributed by atoms with E-state index in [4.69, 9.17) is 10.5 Å². The molecular weight excluding hydrogens is 226 g/mol.